The molecule has 0 rings (SSSR count). The van der Waals surface area contributed by atoms with E-state index in [1.54, 1.807) is 34.6 Å². The Kier molecular flexibility index (Phi) is 5.54. The van der Waals surface area contributed by atoms with E-state index < -0.39 is 34.8 Å². The molecule has 7 heteroatoms. The van der Waals surface area contributed by atoms with Crippen molar-refractivity contribution < 1.29 is 19.6 Å². The number of nitrogens with one attached hydrogen (secondary N) is 1. The monoisotopic (exact) mass is 262 g/mol. The van der Waals surface area contributed by atoms with Crippen LogP contribution in [0.5, 0.6) is 0 Å². The molecule has 0 aromatic carbocycles. The first-order chi connectivity index (χ1) is 7.91. The van der Waals surface area contributed by atoms with E-state index in [9.17, 15) is 20.0 Å². The van der Waals surface area contributed by atoms with E-state index >= 15 is 0 Å². The second kappa shape index (κ2) is 5.99. The molecule has 0 bridgehead atoms. The predicted molar refractivity (Wildman–Crippen MR) is 65.9 cm³/mol. The first kappa shape index (κ1) is 16.6. The van der Waals surface area contributed by atoms with E-state index in [2.05, 4.69) is 5.32 Å². The molecule has 0 heterocycles. The Hall–Kier alpha value is -1.37. The fourth-order valence-electron chi connectivity index (χ4n) is 1.46. The number of aliphatic hydroxyl groups is 1. The van der Waals surface area contributed by atoms with E-state index in [0.717, 1.165) is 0 Å². The van der Waals surface area contributed by atoms with Crippen LogP contribution in [0.25, 0.3) is 0 Å². The molecule has 0 aliphatic heterocycles. The molecule has 1 amide bonds. The molecular weight excluding hydrogens is 240 g/mol. The van der Waals surface area contributed by atoms with Gasteiger partial charge in [-0.3, -0.25) is 10.1 Å². The van der Waals surface area contributed by atoms with Crippen molar-refractivity contribution in [2.45, 2.75) is 58.3 Å². The topological polar surface area (TPSA) is 102 Å². The second-order valence-electron chi connectivity index (χ2n) is 5.88. The minimum Gasteiger partial charge on any atom is -0.444 e. The molecule has 0 fully saturated rings. The number of amides is 1. The standard InChI is InChI=1S/C11H22N2O5/c1-10(2,3)18-9(15)12-11(4,5)6-8(14)7-13(16)17/h8,14H,6-7H2,1-5H3,(H,12,15). The fraction of sp³-hybridized carbons (Fsp3) is 0.909. The molecule has 0 saturated heterocycles. The van der Waals surface area contributed by atoms with Gasteiger partial charge in [-0.25, -0.2) is 4.79 Å². The highest BCUT2D eigenvalue weighted by molar-refractivity contribution is 5.68. The minimum absolute atomic E-state index is 0.0766. The van der Waals surface area contributed by atoms with Gasteiger partial charge in [0.2, 0.25) is 6.54 Å². The summed E-state index contributed by atoms with van der Waals surface area (Å²) in [6.45, 7) is 8.00. The van der Waals surface area contributed by atoms with Crippen LogP contribution in [0.3, 0.4) is 0 Å². The van der Waals surface area contributed by atoms with Crippen molar-refractivity contribution in [3.8, 4) is 0 Å². The van der Waals surface area contributed by atoms with Crippen molar-refractivity contribution in [2.75, 3.05) is 6.54 Å². The van der Waals surface area contributed by atoms with E-state index in [1.165, 1.54) is 0 Å². The van der Waals surface area contributed by atoms with Crippen LogP contribution in [0.15, 0.2) is 0 Å². The molecular formula is C11H22N2O5. The molecule has 1 atom stereocenters. The maximum Gasteiger partial charge on any atom is 0.408 e. The van der Waals surface area contributed by atoms with E-state index in [-0.39, 0.29) is 6.42 Å². The molecule has 7 nitrogen and oxygen atoms in total. The lowest BCUT2D eigenvalue weighted by molar-refractivity contribution is -0.490. The number of alkyl carbamates (subject to hydrolysis) is 1. The van der Waals surface area contributed by atoms with Crippen molar-refractivity contribution in [2.24, 2.45) is 0 Å². The number of ether oxygens (including phenoxy) is 1. The van der Waals surface area contributed by atoms with Crippen LogP contribution in [-0.4, -0.2) is 39.9 Å². The van der Waals surface area contributed by atoms with Crippen molar-refractivity contribution in [3.05, 3.63) is 10.1 Å². The zero-order valence-corrected chi connectivity index (χ0v) is 11.5. The van der Waals surface area contributed by atoms with Crippen molar-refractivity contribution in [1.29, 1.82) is 0 Å². The van der Waals surface area contributed by atoms with Gasteiger partial charge in [0.25, 0.3) is 0 Å². The normalized spacial score (nSPS) is 13.9. The number of nitro groups is 1. The lowest BCUT2D eigenvalue weighted by Crippen LogP contribution is -2.48. The zero-order valence-electron chi connectivity index (χ0n) is 11.5. The van der Waals surface area contributed by atoms with Crippen molar-refractivity contribution >= 4 is 6.09 Å². The van der Waals surface area contributed by atoms with Crippen LogP contribution in [0.2, 0.25) is 0 Å². The van der Waals surface area contributed by atoms with Crippen LogP contribution < -0.4 is 5.32 Å². The third-order valence-corrected chi connectivity index (χ3v) is 1.95. The van der Waals surface area contributed by atoms with Gasteiger partial charge in [0.15, 0.2) is 0 Å². The minimum atomic E-state index is -1.11. The average molecular weight is 262 g/mol. The molecule has 1 unspecified atom stereocenters. The van der Waals surface area contributed by atoms with Crippen molar-refractivity contribution in [1.82, 2.24) is 5.32 Å². The first-order valence-electron chi connectivity index (χ1n) is 5.72. The van der Waals surface area contributed by atoms with Crippen LogP contribution >= 0.6 is 0 Å². The molecule has 106 valence electrons. The number of nitrogens with zero attached hydrogens (tertiary/aromatic N) is 1. The Morgan fingerprint density at radius 2 is 1.89 bits per heavy atom. The number of rotatable bonds is 5. The molecule has 0 spiro atoms. The molecule has 0 saturated carbocycles. The molecule has 0 aromatic heterocycles. The van der Waals surface area contributed by atoms with Crippen LogP contribution in [0.4, 0.5) is 4.79 Å². The van der Waals surface area contributed by atoms with Gasteiger partial charge in [0, 0.05) is 16.9 Å². The van der Waals surface area contributed by atoms with E-state index in [0.29, 0.717) is 0 Å². The second-order valence-corrected chi connectivity index (χ2v) is 5.88. The van der Waals surface area contributed by atoms with Crippen molar-refractivity contribution in [3.63, 3.8) is 0 Å². The first-order valence-corrected chi connectivity index (χ1v) is 5.72. The maximum atomic E-state index is 11.5. The Labute approximate surface area is 107 Å². The summed E-state index contributed by atoms with van der Waals surface area (Å²) in [5, 5.41) is 22.3. The summed E-state index contributed by atoms with van der Waals surface area (Å²) in [6.07, 6.45) is -1.64. The van der Waals surface area contributed by atoms with Gasteiger partial charge in [0.05, 0.1) is 0 Å². The largest absolute Gasteiger partial charge is 0.444 e. The highest BCUT2D eigenvalue weighted by atomic mass is 16.6. The highest BCUT2D eigenvalue weighted by Crippen LogP contribution is 2.14. The third-order valence-electron chi connectivity index (χ3n) is 1.95. The quantitative estimate of drug-likeness (QED) is 0.574. The average Bonchev–Trinajstić information content (AvgIpc) is 1.92. The molecule has 0 aromatic rings. The van der Waals surface area contributed by atoms with Crippen LogP contribution in [0.1, 0.15) is 41.0 Å². The van der Waals surface area contributed by atoms with Gasteiger partial charge < -0.3 is 15.2 Å². The summed E-state index contributed by atoms with van der Waals surface area (Å²) in [4.78, 5) is 21.2. The number of hydrogen-bond donors (Lipinski definition) is 2. The Bertz CT molecular complexity index is 309. The van der Waals surface area contributed by atoms with E-state index in [4.69, 9.17) is 4.74 Å². The Morgan fingerprint density at radius 3 is 2.28 bits per heavy atom. The molecule has 2 N–H and O–H groups in total. The van der Waals surface area contributed by atoms with Gasteiger partial charge in [-0.1, -0.05) is 0 Å². The predicted octanol–water partition coefficient (Wildman–Crippen LogP) is 1.32. The summed E-state index contributed by atoms with van der Waals surface area (Å²) in [5.74, 6) is 0. The number of carbonyl (C=O) groups is 1. The van der Waals surface area contributed by atoms with E-state index in [1.807, 2.05) is 0 Å². The van der Waals surface area contributed by atoms with Crippen LogP contribution in [0, 0.1) is 10.1 Å². The zero-order chi connectivity index (χ0) is 14.6. The van der Waals surface area contributed by atoms with Gasteiger partial charge in [-0.15, -0.1) is 0 Å². The molecule has 18 heavy (non-hydrogen) atoms. The summed E-state index contributed by atoms with van der Waals surface area (Å²) in [7, 11) is 0. The lowest BCUT2D eigenvalue weighted by Gasteiger charge is -2.29. The van der Waals surface area contributed by atoms with Crippen LogP contribution in [-0.2, 0) is 4.74 Å². The lowest BCUT2D eigenvalue weighted by atomic mass is 9.97. The summed E-state index contributed by atoms with van der Waals surface area (Å²) >= 11 is 0. The molecule has 0 radical (unpaired) electrons. The molecule has 0 aliphatic rings. The smallest absolute Gasteiger partial charge is 0.408 e. The van der Waals surface area contributed by atoms with Gasteiger partial charge in [0.1, 0.15) is 11.7 Å². The summed E-state index contributed by atoms with van der Waals surface area (Å²) in [5.41, 5.74) is -1.39. The van der Waals surface area contributed by atoms with Gasteiger partial charge in [-0.05, 0) is 34.6 Å². The van der Waals surface area contributed by atoms with Gasteiger partial charge in [-0.2, -0.15) is 0 Å². The maximum absolute atomic E-state index is 11.5. The summed E-state index contributed by atoms with van der Waals surface area (Å²) < 4.78 is 5.07. The number of aliphatic hydroxyl groups excluding tert-OH is 1. The summed E-state index contributed by atoms with van der Waals surface area (Å²) in [6, 6.07) is 0. The van der Waals surface area contributed by atoms with Gasteiger partial charge >= 0.3 is 6.09 Å². The Morgan fingerprint density at radius 1 is 1.39 bits per heavy atom. The number of hydrogen-bond acceptors (Lipinski definition) is 5. The highest BCUT2D eigenvalue weighted by Gasteiger charge is 2.28. The fourth-order valence-corrected chi connectivity index (χ4v) is 1.46. The third kappa shape index (κ3) is 8.74. The SMILES string of the molecule is CC(C)(CC(O)C[N+](=O)[O-])NC(=O)OC(C)(C)C. The number of carbonyl (C=O) groups excluding carboxylic acids is 1. The Balaban J connectivity index is 4.30. The molecule has 0 aliphatic carbocycles.